The van der Waals surface area contributed by atoms with Crippen LogP contribution in [-0.4, -0.2) is 17.8 Å². The highest BCUT2D eigenvalue weighted by Gasteiger charge is 2.33. The number of halogens is 3. The number of hydrogen-bond donors (Lipinski definition) is 1. The third-order valence-electron chi connectivity index (χ3n) is 1.47. The summed E-state index contributed by atoms with van der Waals surface area (Å²) < 4.78 is 36.9. The van der Waals surface area contributed by atoms with E-state index in [0.717, 1.165) is 6.07 Å². The van der Waals surface area contributed by atoms with E-state index in [9.17, 15) is 18.0 Å². The van der Waals surface area contributed by atoms with E-state index in [-0.39, 0.29) is 12.4 Å². The van der Waals surface area contributed by atoms with Crippen molar-refractivity contribution in [3.8, 4) is 0 Å². The first-order chi connectivity index (χ1) is 6.55. The first-order valence-electron chi connectivity index (χ1n) is 3.75. The molecule has 0 radical (unpaired) electrons. The lowest BCUT2D eigenvalue weighted by Crippen LogP contribution is -2.13. The highest BCUT2D eigenvalue weighted by molar-refractivity contribution is 5.59. The highest BCUT2D eigenvalue weighted by Crippen LogP contribution is 2.33. The first kappa shape index (κ1) is 10.5. The van der Waals surface area contributed by atoms with Gasteiger partial charge in [-0.25, -0.2) is 4.98 Å². The van der Waals surface area contributed by atoms with Gasteiger partial charge in [0, 0.05) is 6.20 Å². The summed E-state index contributed by atoms with van der Waals surface area (Å²) >= 11 is 0. The van der Waals surface area contributed by atoms with E-state index in [1.54, 1.807) is 0 Å². The van der Waals surface area contributed by atoms with Crippen molar-refractivity contribution >= 4 is 12.1 Å². The third-order valence-corrected chi connectivity index (χ3v) is 1.47. The quantitative estimate of drug-likeness (QED) is 0.762. The first-order valence-corrected chi connectivity index (χ1v) is 3.75. The predicted molar refractivity (Wildman–Crippen MR) is 43.8 cm³/mol. The number of aromatic nitrogens is 1. The summed E-state index contributed by atoms with van der Waals surface area (Å²) in [6.45, 7) is -0.194. The van der Waals surface area contributed by atoms with Crippen LogP contribution in [0.2, 0.25) is 0 Å². The van der Waals surface area contributed by atoms with E-state index in [2.05, 4.69) is 10.3 Å². The number of rotatable bonds is 3. The normalized spacial score (nSPS) is 11.1. The second-order valence-electron chi connectivity index (χ2n) is 2.44. The van der Waals surface area contributed by atoms with Gasteiger partial charge in [-0.2, -0.15) is 13.2 Å². The largest absolute Gasteiger partial charge is 0.419 e. The van der Waals surface area contributed by atoms with E-state index in [1.165, 1.54) is 12.3 Å². The molecule has 0 unspecified atom stereocenters. The van der Waals surface area contributed by atoms with Crippen molar-refractivity contribution in [2.75, 3.05) is 11.9 Å². The van der Waals surface area contributed by atoms with Crippen molar-refractivity contribution in [1.29, 1.82) is 0 Å². The fourth-order valence-corrected chi connectivity index (χ4v) is 0.913. The van der Waals surface area contributed by atoms with Crippen LogP contribution in [0.5, 0.6) is 0 Å². The lowest BCUT2D eigenvalue weighted by atomic mass is 10.2. The Morgan fingerprint density at radius 1 is 1.50 bits per heavy atom. The number of alkyl halides is 3. The van der Waals surface area contributed by atoms with E-state index >= 15 is 0 Å². The van der Waals surface area contributed by atoms with E-state index in [1.807, 2.05) is 0 Å². The van der Waals surface area contributed by atoms with Gasteiger partial charge < -0.3 is 10.1 Å². The van der Waals surface area contributed by atoms with Crippen molar-refractivity contribution in [1.82, 2.24) is 4.98 Å². The van der Waals surface area contributed by atoms with Gasteiger partial charge in [0.2, 0.25) is 0 Å². The van der Waals surface area contributed by atoms with Crippen LogP contribution < -0.4 is 5.32 Å². The molecule has 6 heteroatoms. The molecule has 1 heterocycles. The Hall–Kier alpha value is -1.59. The summed E-state index contributed by atoms with van der Waals surface area (Å²) in [6, 6.07) is 2.09. The number of nitrogens with zero attached hydrogens (tertiary/aromatic N) is 1. The Morgan fingerprint density at radius 2 is 2.21 bits per heavy atom. The molecule has 1 rings (SSSR count). The maximum atomic E-state index is 12.3. The number of nitrogens with one attached hydrogen (secondary N) is 1. The average molecular weight is 204 g/mol. The smallest absolute Gasteiger partial charge is 0.363 e. The standard InChI is InChI=1S/C8H7F3N2O/c9-8(10,11)6-2-1-3-12-7(6)13-4-5-14/h1-3,5H,4H2,(H,12,13). The summed E-state index contributed by atoms with van der Waals surface area (Å²) in [4.78, 5) is 13.5. The second-order valence-corrected chi connectivity index (χ2v) is 2.44. The summed E-state index contributed by atoms with van der Waals surface area (Å²) in [5.41, 5.74) is -0.873. The fraction of sp³-hybridized carbons (Fsp3) is 0.250. The third kappa shape index (κ3) is 2.45. The van der Waals surface area contributed by atoms with Crippen molar-refractivity contribution < 1.29 is 18.0 Å². The Morgan fingerprint density at radius 3 is 2.79 bits per heavy atom. The number of carbonyl (C=O) groups is 1. The van der Waals surface area contributed by atoms with Crippen LogP contribution >= 0.6 is 0 Å². The molecule has 0 bridgehead atoms. The molecule has 0 aromatic carbocycles. The molecule has 1 aromatic rings. The fourth-order valence-electron chi connectivity index (χ4n) is 0.913. The van der Waals surface area contributed by atoms with Gasteiger partial charge in [0.15, 0.2) is 0 Å². The Labute approximate surface area is 78.0 Å². The zero-order valence-electron chi connectivity index (χ0n) is 7.01. The molecule has 76 valence electrons. The maximum Gasteiger partial charge on any atom is 0.419 e. The molecule has 0 atom stereocenters. The van der Waals surface area contributed by atoms with Gasteiger partial charge in [0.25, 0.3) is 0 Å². The molecule has 14 heavy (non-hydrogen) atoms. The Kier molecular flexibility index (Phi) is 3.06. The van der Waals surface area contributed by atoms with Gasteiger partial charge in [-0.3, -0.25) is 0 Å². The molecule has 0 amide bonds. The summed E-state index contributed by atoms with van der Waals surface area (Å²) in [6.07, 6.45) is -2.77. The number of carbonyl (C=O) groups excluding carboxylic acids is 1. The van der Waals surface area contributed by atoms with Gasteiger partial charge in [0.05, 0.1) is 12.1 Å². The van der Waals surface area contributed by atoms with Gasteiger partial charge in [-0.05, 0) is 12.1 Å². The minimum Gasteiger partial charge on any atom is -0.363 e. The molecule has 0 spiro atoms. The van der Waals surface area contributed by atoms with Crippen LogP contribution in [0.25, 0.3) is 0 Å². The predicted octanol–water partition coefficient (Wildman–Crippen LogP) is 1.71. The second kappa shape index (κ2) is 4.08. The molecule has 1 aromatic heterocycles. The SMILES string of the molecule is O=CCNc1ncccc1C(F)(F)F. The monoisotopic (exact) mass is 204 g/mol. The zero-order valence-corrected chi connectivity index (χ0v) is 7.01. The molecule has 3 nitrogen and oxygen atoms in total. The number of hydrogen-bond acceptors (Lipinski definition) is 3. The maximum absolute atomic E-state index is 12.3. The number of pyridine rings is 1. The van der Waals surface area contributed by atoms with Crippen molar-refractivity contribution in [3.63, 3.8) is 0 Å². The molecular formula is C8H7F3N2O. The van der Waals surface area contributed by atoms with E-state index in [0.29, 0.717) is 6.29 Å². The number of aldehydes is 1. The molecule has 1 N–H and O–H groups in total. The summed E-state index contributed by atoms with van der Waals surface area (Å²) in [5.74, 6) is -0.327. The van der Waals surface area contributed by atoms with Crippen LogP contribution in [-0.2, 0) is 11.0 Å². The van der Waals surface area contributed by atoms with E-state index in [4.69, 9.17) is 0 Å². The Bertz CT molecular complexity index is 325. The van der Waals surface area contributed by atoms with Gasteiger partial charge in [-0.15, -0.1) is 0 Å². The minimum atomic E-state index is -4.46. The molecule has 0 aliphatic carbocycles. The van der Waals surface area contributed by atoms with Crippen molar-refractivity contribution in [3.05, 3.63) is 23.9 Å². The lowest BCUT2D eigenvalue weighted by molar-refractivity contribution is -0.137. The summed E-state index contributed by atoms with van der Waals surface area (Å²) in [5, 5.41) is 2.27. The molecular weight excluding hydrogens is 197 g/mol. The van der Waals surface area contributed by atoms with Gasteiger partial charge >= 0.3 is 6.18 Å². The highest BCUT2D eigenvalue weighted by atomic mass is 19.4. The van der Waals surface area contributed by atoms with E-state index < -0.39 is 11.7 Å². The Balaban J connectivity index is 2.97. The van der Waals surface area contributed by atoms with Crippen molar-refractivity contribution in [2.45, 2.75) is 6.18 Å². The zero-order chi connectivity index (χ0) is 10.6. The average Bonchev–Trinajstić information content (AvgIpc) is 2.14. The van der Waals surface area contributed by atoms with Crippen molar-refractivity contribution in [2.24, 2.45) is 0 Å². The molecule has 0 aliphatic rings. The van der Waals surface area contributed by atoms with Crippen LogP contribution in [0.4, 0.5) is 19.0 Å². The molecule has 0 fully saturated rings. The van der Waals surface area contributed by atoms with Crippen LogP contribution in [0, 0.1) is 0 Å². The van der Waals surface area contributed by atoms with Crippen LogP contribution in [0.3, 0.4) is 0 Å². The molecule has 0 aliphatic heterocycles. The van der Waals surface area contributed by atoms with Gasteiger partial charge in [-0.1, -0.05) is 0 Å². The molecule has 0 saturated carbocycles. The number of anilines is 1. The minimum absolute atomic E-state index is 0.194. The van der Waals surface area contributed by atoms with Gasteiger partial charge in [0.1, 0.15) is 12.1 Å². The lowest BCUT2D eigenvalue weighted by Gasteiger charge is -2.11. The molecule has 0 saturated heterocycles. The van der Waals surface area contributed by atoms with Crippen LogP contribution in [0.1, 0.15) is 5.56 Å². The topological polar surface area (TPSA) is 42.0 Å². The van der Waals surface area contributed by atoms with Crippen LogP contribution in [0.15, 0.2) is 18.3 Å². The summed E-state index contributed by atoms with van der Waals surface area (Å²) in [7, 11) is 0.